The van der Waals surface area contributed by atoms with Crippen LogP contribution in [0.1, 0.15) is 51.9 Å². The summed E-state index contributed by atoms with van der Waals surface area (Å²) in [6.45, 7) is 2.14. The van der Waals surface area contributed by atoms with Crippen molar-refractivity contribution in [3.05, 3.63) is 11.1 Å². The summed E-state index contributed by atoms with van der Waals surface area (Å²) in [6.07, 6.45) is 5.85. The van der Waals surface area contributed by atoms with E-state index in [-0.39, 0.29) is 5.78 Å². The molecule has 0 spiro atoms. The van der Waals surface area contributed by atoms with Crippen LogP contribution < -0.4 is 0 Å². The highest BCUT2D eigenvalue weighted by atomic mass is 16.3. The highest BCUT2D eigenvalue weighted by molar-refractivity contribution is 5.87. The van der Waals surface area contributed by atoms with Gasteiger partial charge in [0.05, 0.1) is 0 Å². The third kappa shape index (κ3) is 1.63. The fraction of sp³-hybridized carbons (Fsp3) is 0.750. The number of carbonyl (C=O) groups is 1. The van der Waals surface area contributed by atoms with Gasteiger partial charge in [0, 0.05) is 12.8 Å². The molecule has 0 radical (unpaired) electrons. The Morgan fingerprint density at radius 1 is 1.21 bits per heavy atom. The van der Waals surface area contributed by atoms with Crippen LogP contribution in [-0.2, 0) is 4.79 Å². The Balaban J connectivity index is 2.29. The van der Waals surface area contributed by atoms with Gasteiger partial charge in [-0.15, -0.1) is 0 Å². The molecule has 2 heteroatoms. The summed E-state index contributed by atoms with van der Waals surface area (Å²) in [5, 5.41) is 10.2. The molecule has 1 N–H and O–H groups in total. The number of ketones is 1. The lowest BCUT2D eigenvalue weighted by atomic mass is 9.74. The smallest absolute Gasteiger partial charge is 0.164 e. The van der Waals surface area contributed by atoms with Crippen LogP contribution in [0.5, 0.6) is 0 Å². The lowest BCUT2D eigenvalue weighted by Gasteiger charge is -2.35. The maximum Gasteiger partial charge on any atom is 0.164 e. The van der Waals surface area contributed by atoms with Gasteiger partial charge < -0.3 is 5.11 Å². The van der Waals surface area contributed by atoms with E-state index in [0.29, 0.717) is 19.3 Å². The summed E-state index contributed by atoms with van der Waals surface area (Å²) >= 11 is 0. The largest absolute Gasteiger partial charge is 0.382 e. The molecular formula is C12H18O2. The van der Waals surface area contributed by atoms with Gasteiger partial charge in [-0.1, -0.05) is 11.1 Å². The third-order valence-corrected chi connectivity index (χ3v) is 3.67. The number of allylic oxidation sites excluding steroid dienone is 1. The summed E-state index contributed by atoms with van der Waals surface area (Å²) in [7, 11) is 0. The summed E-state index contributed by atoms with van der Waals surface area (Å²) in [5.41, 5.74) is 1.74. The number of hydrogen-bond donors (Lipinski definition) is 1. The average molecular weight is 194 g/mol. The first-order valence-electron chi connectivity index (χ1n) is 5.55. The van der Waals surface area contributed by atoms with Crippen LogP contribution in [0.2, 0.25) is 0 Å². The topological polar surface area (TPSA) is 37.3 Å². The molecule has 0 aliphatic heterocycles. The number of aliphatic hydroxyl groups is 1. The standard InChI is InChI=1S/C12H18O2/c1-9-6-7-12(14)8-10(9)4-2-3-5-11(12)13/h14H,2-8H2,1H3/t12-/m0/s1. The van der Waals surface area contributed by atoms with E-state index in [0.717, 1.165) is 25.7 Å². The van der Waals surface area contributed by atoms with Crippen LogP contribution in [-0.4, -0.2) is 16.5 Å². The average Bonchev–Trinajstić information content (AvgIpc) is 2.15. The molecule has 2 aliphatic carbocycles. The van der Waals surface area contributed by atoms with E-state index in [2.05, 4.69) is 6.92 Å². The second kappa shape index (κ2) is 3.50. The second-order valence-corrected chi connectivity index (χ2v) is 4.72. The minimum atomic E-state index is -1.00. The number of Topliss-reactive ketones (excluding diaryl/α,β-unsaturated/α-hetero) is 1. The third-order valence-electron chi connectivity index (χ3n) is 3.67. The lowest BCUT2D eigenvalue weighted by molar-refractivity contribution is -0.139. The molecule has 1 fully saturated rings. The van der Waals surface area contributed by atoms with Crippen molar-refractivity contribution in [2.24, 2.45) is 0 Å². The lowest BCUT2D eigenvalue weighted by Crippen LogP contribution is -2.41. The number of rotatable bonds is 0. The predicted molar refractivity (Wildman–Crippen MR) is 55.0 cm³/mol. The first-order valence-corrected chi connectivity index (χ1v) is 5.55. The van der Waals surface area contributed by atoms with E-state index in [9.17, 15) is 9.90 Å². The minimum absolute atomic E-state index is 0.0715. The van der Waals surface area contributed by atoms with Crippen molar-refractivity contribution in [3.8, 4) is 0 Å². The Morgan fingerprint density at radius 3 is 2.71 bits per heavy atom. The molecule has 2 nitrogen and oxygen atoms in total. The van der Waals surface area contributed by atoms with Gasteiger partial charge in [-0.2, -0.15) is 0 Å². The van der Waals surface area contributed by atoms with Crippen molar-refractivity contribution in [2.75, 3.05) is 0 Å². The number of carbonyl (C=O) groups excluding carboxylic acids is 1. The molecule has 0 unspecified atom stereocenters. The SMILES string of the molecule is CC1=C2CCCCC(=O)[C@](O)(CC1)C2. The maximum absolute atomic E-state index is 11.7. The summed E-state index contributed by atoms with van der Waals surface area (Å²) in [6, 6.07) is 0. The van der Waals surface area contributed by atoms with E-state index in [1.54, 1.807) is 0 Å². The fourth-order valence-electron chi connectivity index (χ4n) is 2.56. The summed E-state index contributed by atoms with van der Waals surface area (Å²) in [5.74, 6) is 0.0715. The molecule has 78 valence electrons. The van der Waals surface area contributed by atoms with E-state index in [1.807, 2.05) is 0 Å². The monoisotopic (exact) mass is 194 g/mol. The van der Waals surface area contributed by atoms with E-state index < -0.39 is 5.60 Å². The second-order valence-electron chi connectivity index (χ2n) is 4.72. The molecule has 0 heterocycles. The van der Waals surface area contributed by atoms with E-state index >= 15 is 0 Å². The van der Waals surface area contributed by atoms with Crippen molar-refractivity contribution in [2.45, 2.75) is 57.5 Å². The van der Waals surface area contributed by atoms with Crippen molar-refractivity contribution in [3.63, 3.8) is 0 Å². The quantitative estimate of drug-likeness (QED) is 0.601. The Labute approximate surface area is 85.0 Å². The number of hydrogen-bond acceptors (Lipinski definition) is 2. The predicted octanol–water partition coefficient (Wildman–Crippen LogP) is 2.36. The normalized spacial score (nSPS) is 34.0. The molecule has 1 atom stereocenters. The van der Waals surface area contributed by atoms with Crippen LogP contribution in [0.3, 0.4) is 0 Å². The molecule has 0 aromatic rings. The van der Waals surface area contributed by atoms with Gasteiger partial charge in [0.25, 0.3) is 0 Å². The highest BCUT2D eigenvalue weighted by Gasteiger charge is 2.39. The highest BCUT2D eigenvalue weighted by Crippen LogP contribution is 2.38. The van der Waals surface area contributed by atoms with Crippen molar-refractivity contribution < 1.29 is 9.90 Å². The van der Waals surface area contributed by atoms with Crippen LogP contribution >= 0.6 is 0 Å². The number of fused-ring (bicyclic) bond motifs is 2. The van der Waals surface area contributed by atoms with Crippen LogP contribution in [0.25, 0.3) is 0 Å². The first-order chi connectivity index (χ1) is 6.62. The Hall–Kier alpha value is -0.630. The zero-order valence-electron chi connectivity index (χ0n) is 8.81. The Bertz CT molecular complexity index is 291. The molecule has 2 aliphatic rings. The van der Waals surface area contributed by atoms with Crippen molar-refractivity contribution in [1.29, 1.82) is 0 Å². The molecule has 2 rings (SSSR count). The van der Waals surface area contributed by atoms with Crippen molar-refractivity contribution in [1.82, 2.24) is 0 Å². The maximum atomic E-state index is 11.7. The Kier molecular flexibility index (Phi) is 2.48. The van der Waals surface area contributed by atoms with Crippen LogP contribution in [0.4, 0.5) is 0 Å². The summed E-state index contributed by atoms with van der Waals surface area (Å²) in [4.78, 5) is 11.7. The van der Waals surface area contributed by atoms with Gasteiger partial charge in [0.1, 0.15) is 5.60 Å². The zero-order valence-corrected chi connectivity index (χ0v) is 8.81. The molecule has 14 heavy (non-hydrogen) atoms. The Morgan fingerprint density at radius 2 is 1.93 bits per heavy atom. The van der Waals surface area contributed by atoms with Gasteiger partial charge in [-0.05, 0) is 39.0 Å². The molecule has 0 amide bonds. The minimum Gasteiger partial charge on any atom is -0.382 e. The molecule has 2 bridgehead atoms. The van der Waals surface area contributed by atoms with E-state index in [1.165, 1.54) is 11.1 Å². The van der Waals surface area contributed by atoms with Gasteiger partial charge in [0.15, 0.2) is 5.78 Å². The van der Waals surface area contributed by atoms with Gasteiger partial charge >= 0.3 is 0 Å². The molecule has 0 saturated heterocycles. The zero-order chi connectivity index (χ0) is 10.2. The first kappa shape index (κ1) is 9.91. The van der Waals surface area contributed by atoms with E-state index in [4.69, 9.17) is 0 Å². The molecular weight excluding hydrogens is 176 g/mol. The van der Waals surface area contributed by atoms with Crippen LogP contribution in [0.15, 0.2) is 11.1 Å². The summed E-state index contributed by atoms with van der Waals surface area (Å²) < 4.78 is 0. The molecule has 0 aromatic heterocycles. The van der Waals surface area contributed by atoms with Crippen molar-refractivity contribution >= 4 is 5.78 Å². The molecule has 0 aromatic carbocycles. The van der Waals surface area contributed by atoms with Gasteiger partial charge in [-0.25, -0.2) is 0 Å². The van der Waals surface area contributed by atoms with Crippen LogP contribution in [0, 0.1) is 0 Å². The fourth-order valence-corrected chi connectivity index (χ4v) is 2.56. The van der Waals surface area contributed by atoms with Gasteiger partial charge in [0.2, 0.25) is 0 Å². The molecule has 1 saturated carbocycles. The van der Waals surface area contributed by atoms with Gasteiger partial charge in [-0.3, -0.25) is 4.79 Å².